The molecule has 2 aromatic rings. The van der Waals surface area contributed by atoms with Crippen molar-refractivity contribution >= 4 is 17.9 Å². The van der Waals surface area contributed by atoms with Crippen LogP contribution in [-0.2, 0) is 16.1 Å². The van der Waals surface area contributed by atoms with Crippen LogP contribution in [0.3, 0.4) is 0 Å². The lowest BCUT2D eigenvalue weighted by Gasteiger charge is -2.32. The maximum absolute atomic E-state index is 13.8. The summed E-state index contributed by atoms with van der Waals surface area (Å²) in [6.07, 6.45) is 4.65. The Bertz CT molecular complexity index is 843. The summed E-state index contributed by atoms with van der Waals surface area (Å²) in [6, 6.07) is 16.2. The third kappa shape index (κ3) is 5.06. The zero-order chi connectivity index (χ0) is 19.9. The zero-order valence-electron chi connectivity index (χ0n) is 16.1. The van der Waals surface area contributed by atoms with Gasteiger partial charge in [0.1, 0.15) is 5.82 Å². The molecule has 0 atom stereocenters. The Morgan fingerprint density at radius 3 is 2.39 bits per heavy atom. The van der Waals surface area contributed by atoms with Crippen LogP contribution >= 0.6 is 0 Å². The van der Waals surface area contributed by atoms with Crippen molar-refractivity contribution in [2.75, 3.05) is 20.1 Å². The Balaban J connectivity index is 1.50. The number of amides is 2. The van der Waals surface area contributed by atoms with Gasteiger partial charge in [-0.05, 0) is 30.5 Å². The Labute approximate surface area is 165 Å². The van der Waals surface area contributed by atoms with Crippen LogP contribution in [0.2, 0.25) is 0 Å². The van der Waals surface area contributed by atoms with Gasteiger partial charge in [0.05, 0.1) is 0 Å². The van der Waals surface area contributed by atoms with E-state index in [2.05, 4.69) is 0 Å². The maximum Gasteiger partial charge on any atom is 0.246 e. The Kier molecular flexibility index (Phi) is 6.58. The number of benzene rings is 2. The highest BCUT2D eigenvalue weighted by Crippen LogP contribution is 2.21. The van der Waals surface area contributed by atoms with Gasteiger partial charge in [-0.15, -0.1) is 0 Å². The van der Waals surface area contributed by atoms with Gasteiger partial charge in [-0.3, -0.25) is 9.59 Å². The Morgan fingerprint density at radius 1 is 1.07 bits per heavy atom. The van der Waals surface area contributed by atoms with E-state index >= 15 is 0 Å². The Morgan fingerprint density at radius 2 is 1.71 bits per heavy atom. The molecule has 0 radical (unpaired) electrons. The van der Waals surface area contributed by atoms with Gasteiger partial charge in [-0.1, -0.05) is 48.5 Å². The predicted octanol–water partition coefficient (Wildman–Crippen LogP) is 3.74. The molecular weight excluding hydrogens is 355 g/mol. The summed E-state index contributed by atoms with van der Waals surface area (Å²) in [5.41, 5.74) is 1.49. The second kappa shape index (κ2) is 9.31. The lowest BCUT2D eigenvalue weighted by atomic mass is 9.95. The number of carbonyl (C=O) groups excluding carboxylic acids is 2. The first-order valence-corrected chi connectivity index (χ1v) is 9.55. The van der Waals surface area contributed by atoms with E-state index in [9.17, 15) is 14.0 Å². The van der Waals surface area contributed by atoms with Crippen LogP contribution in [0, 0.1) is 11.7 Å². The molecule has 2 amide bonds. The fourth-order valence-corrected chi connectivity index (χ4v) is 3.46. The van der Waals surface area contributed by atoms with Crippen LogP contribution in [0.4, 0.5) is 4.39 Å². The molecule has 2 aromatic carbocycles. The van der Waals surface area contributed by atoms with Gasteiger partial charge >= 0.3 is 0 Å². The monoisotopic (exact) mass is 380 g/mol. The van der Waals surface area contributed by atoms with Crippen molar-refractivity contribution in [3.8, 4) is 0 Å². The van der Waals surface area contributed by atoms with Crippen LogP contribution in [0.15, 0.2) is 60.7 Å². The third-order valence-electron chi connectivity index (χ3n) is 5.12. The van der Waals surface area contributed by atoms with E-state index in [-0.39, 0.29) is 30.1 Å². The van der Waals surface area contributed by atoms with Crippen LogP contribution in [0.25, 0.3) is 6.08 Å². The molecule has 0 spiro atoms. The SMILES string of the molecule is CN(Cc1ccccc1F)C(=O)C1CCN(C(=O)/C=C/c2ccccc2)CC1. The number of likely N-dealkylation sites (tertiary alicyclic amines) is 1. The topological polar surface area (TPSA) is 40.6 Å². The summed E-state index contributed by atoms with van der Waals surface area (Å²) in [5, 5.41) is 0. The van der Waals surface area contributed by atoms with Gasteiger partial charge in [0.15, 0.2) is 0 Å². The van der Waals surface area contributed by atoms with Crippen molar-refractivity contribution < 1.29 is 14.0 Å². The van der Waals surface area contributed by atoms with Crippen molar-refractivity contribution in [3.63, 3.8) is 0 Å². The van der Waals surface area contributed by atoms with Crippen molar-refractivity contribution in [2.24, 2.45) is 5.92 Å². The quantitative estimate of drug-likeness (QED) is 0.742. The van der Waals surface area contributed by atoms with E-state index in [1.807, 2.05) is 36.4 Å². The van der Waals surface area contributed by atoms with E-state index in [0.29, 0.717) is 31.5 Å². The van der Waals surface area contributed by atoms with Crippen LogP contribution in [0.5, 0.6) is 0 Å². The maximum atomic E-state index is 13.8. The average molecular weight is 380 g/mol. The minimum atomic E-state index is -0.298. The van der Waals surface area contributed by atoms with Gasteiger partial charge in [0.2, 0.25) is 11.8 Å². The number of piperidine rings is 1. The molecule has 1 aliphatic rings. The first kappa shape index (κ1) is 19.8. The highest BCUT2D eigenvalue weighted by Gasteiger charge is 2.28. The second-order valence-corrected chi connectivity index (χ2v) is 7.13. The molecule has 146 valence electrons. The van der Waals surface area contributed by atoms with Crippen LogP contribution < -0.4 is 0 Å². The number of hydrogen-bond donors (Lipinski definition) is 0. The summed E-state index contributed by atoms with van der Waals surface area (Å²) >= 11 is 0. The van der Waals surface area contributed by atoms with E-state index in [1.54, 1.807) is 41.1 Å². The van der Waals surface area contributed by atoms with Crippen molar-refractivity contribution in [1.29, 1.82) is 0 Å². The molecule has 0 unspecified atom stereocenters. The Hall–Kier alpha value is -2.95. The van der Waals surface area contributed by atoms with E-state index in [0.717, 1.165) is 5.56 Å². The van der Waals surface area contributed by atoms with Gasteiger partial charge < -0.3 is 9.80 Å². The van der Waals surface area contributed by atoms with E-state index in [1.165, 1.54) is 6.07 Å². The fraction of sp³-hybridized carbons (Fsp3) is 0.304. The zero-order valence-corrected chi connectivity index (χ0v) is 16.1. The molecule has 0 N–H and O–H groups in total. The summed E-state index contributed by atoms with van der Waals surface area (Å²) in [7, 11) is 1.70. The molecular formula is C23H25FN2O2. The fourth-order valence-electron chi connectivity index (χ4n) is 3.46. The minimum Gasteiger partial charge on any atom is -0.341 e. The lowest BCUT2D eigenvalue weighted by molar-refractivity contribution is -0.138. The first-order valence-electron chi connectivity index (χ1n) is 9.55. The smallest absolute Gasteiger partial charge is 0.246 e. The number of rotatable bonds is 5. The summed E-state index contributed by atoms with van der Waals surface area (Å²) in [6.45, 7) is 1.37. The summed E-state index contributed by atoms with van der Waals surface area (Å²) in [4.78, 5) is 28.4. The van der Waals surface area contributed by atoms with Gasteiger partial charge in [-0.2, -0.15) is 0 Å². The molecule has 5 heteroatoms. The van der Waals surface area contributed by atoms with E-state index < -0.39 is 0 Å². The number of nitrogens with zero attached hydrogens (tertiary/aromatic N) is 2. The van der Waals surface area contributed by atoms with Gasteiger partial charge in [0, 0.05) is 44.2 Å². The van der Waals surface area contributed by atoms with Crippen LogP contribution in [0.1, 0.15) is 24.0 Å². The molecule has 3 rings (SSSR count). The third-order valence-corrected chi connectivity index (χ3v) is 5.12. The number of carbonyl (C=O) groups is 2. The molecule has 1 aliphatic heterocycles. The summed E-state index contributed by atoms with van der Waals surface area (Å²) < 4.78 is 13.8. The molecule has 1 heterocycles. The first-order chi connectivity index (χ1) is 13.5. The van der Waals surface area contributed by atoms with Crippen molar-refractivity contribution in [2.45, 2.75) is 19.4 Å². The molecule has 0 aliphatic carbocycles. The molecule has 1 fully saturated rings. The second-order valence-electron chi connectivity index (χ2n) is 7.13. The molecule has 0 bridgehead atoms. The van der Waals surface area contributed by atoms with Gasteiger partial charge in [-0.25, -0.2) is 4.39 Å². The normalized spacial score (nSPS) is 15.0. The lowest BCUT2D eigenvalue weighted by Crippen LogP contribution is -2.42. The number of halogens is 1. The highest BCUT2D eigenvalue weighted by molar-refractivity contribution is 5.92. The van der Waals surface area contributed by atoms with Gasteiger partial charge in [0.25, 0.3) is 0 Å². The molecule has 1 saturated heterocycles. The highest BCUT2D eigenvalue weighted by atomic mass is 19.1. The minimum absolute atomic E-state index is 0.00943. The van der Waals surface area contributed by atoms with Crippen molar-refractivity contribution in [3.05, 3.63) is 77.6 Å². The average Bonchev–Trinajstić information content (AvgIpc) is 2.74. The predicted molar refractivity (Wildman–Crippen MR) is 108 cm³/mol. The molecule has 28 heavy (non-hydrogen) atoms. The molecule has 0 saturated carbocycles. The molecule has 4 nitrogen and oxygen atoms in total. The number of hydrogen-bond acceptors (Lipinski definition) is 2. The van der Waals surface area contributed by atoms with E-state index in [4.69, 9.17) is 0 Å². The summed E-state index contributed by atoms with van der Waals surface area (Å²) in [5.74, 6) is -0.448. The standard InChI is InChI=1S/C23H25FN2O2/c1-25(17-20-9-5-6-10-21(20)24)23(28)19-13-15-26(16-14-19)22(27)12-11-18-7-3-2-4-8-18/h2-12,19H,13-17H2,1H3/b12-11+. The largest absolute Gasteiger partial charge is 0.341 e. The van der Waals surface area contributed by atoms with Crippen LogP contribution in [-0.4, -0.2) is 41.8 Å². The molecule has 0 aromatic heterocycles. The van der Waals surface area contributed by atoms with Crippen molar-refractivity contribution in [1.82, 2.24) is 9.80 Å².